The molecule has 0 unspecified atom stereocenters. The second-order valence-corrected chi connectivity index (χ2v) is 9.01. The highest BCUT2D eigenvalue weighted by Gasteiger charge is 2.30. The summed E-state index contributed by atoms with van der Waals surface area (Å²) in [7, 11) is 0. The van der Waals surface area contributed by atoms with E-state index in [1.54, 1.807) is 18.2 Å². The molecule has 2 heterocycles. The van der Waals surface area contributed by atoms with Gasteiger partial charge in [0.1, 0.15) is 5.01 Å². The third-order valence-electron chi connectivity index (χ3n) is 4.77. The Labute approximate surface area is 194 Å². The summed E-state index contributed by atoms with van der Waals surface area (Å²) in [5, 5.41) is 6.13. The second kappa shape index (κ2) is 10.9. The van der Waals surface area contributed by atoms with E-state index >= 15 is 0 Å². The number of nitrogens with zero attached hydrogens (tertiary/aromatic N) is 2. The van der Waals surface area contributed by atoms with Crippen molar-refractivity contribution in [3.8, 4) is 0 Å². The van der Waals surface area contributed by atoms with Crippen LogP contribution >= 0.6 is 34.5 Å². The van der Waals surface area contributed by atoms with Gasteiger partial charge in [0.2, 0.25) is 11.8 Å². The average Bonchev–Trinajstić information content (AvgIpc) is 3.14. The molecule has 31 heavy (non-hydrogen) atoms. The molecule has 0 radical (unpaired) electrons. The Balaban J connectivity index is 1.51. The van der Waals surface area contributed by atoms with Crippen molar-refractivity contribution >= 4 is 57.9 Å². The Hall–Kier alpha value is -2.20. The monoisotopic (exact) mass is 483 g/mol. The smallest absolute Gasteiger partial charge is 0.252 e. The molecule has 1 aromatic carbocycles. The minimum Gasteiger partial charge on any atom is -0.325 e. The number of amides is 3. The first-order chi connectivity index (χ1) is 14.8. The quantitative estimate of drug-likeness (QED) is 0.548. The number of piperidine rings is 1. The maximum atomic E-state index is 12.8. The van der Waals surface area contributed by atoms with Crippen molar-refractivity contribution in [1.29, 1.82) is 0 Å². The van der Waals surface area contributed by atoms with Gasteiger partial charge in [0.25, 0.3) is 5.91 Å². The lowest BCUT2D eigenvalue weighted by Crippen LogP contribution is -2.53. The molecule has 0 spiro atoms. The van der Waals surface area contributed by atoms with E-state index in [2.05, 4.69) is 21.2 Å². The maximum Gasteiger partial charge on any atom is 0.252 e. The van der Waals surface area contributed by atoms with Gasteiger partial charge in [0.05, 0.1) is 29.1 Å². The summed E-state index contributed by atoms with van der Waals surface area (Å²) in [5.41, 5.74) is 6.21. The number of likely N-dealkylation sites (tertiary alicyclic amines) is 1. The van der Waals surface area contributed by atoms with E-state index in [0.717, 1.165) is 18.5 Å². The Morgan fingerprint density at radius 2 is 1.94 bits per heavy atom. The van der Waals surface area contributed by atoms with Crippen LogP contribution in [0, 0.1) is 6.92 Å². The molecule has 1 aromatic heterocycles. The van der Waals surface area contributed by atoms with E-state index < -0.39 is 11.9 Å². The number of nitrogens with one attached hydrogen (secondary N) is 3. The van der Waals surface area contributed by atoms with Crippen molar-refractivity contribution in [2.24, 2.45) is 0 Å². The minimum atomic E-state index is -0.456. The van der Waals surface area contributed by atoms with Crippen LogP contribution in [0.4, 0.5) is 5.69 Å². The summed E-state index contributed by atoms with van der Waals surface area (Å²) < 4.78 is 0. The average molecular weight is 484 g/mol. The third-order valence-corrected chi connectivity index (χ3v) is 6.48. The molecule has 0 bridgehead atoms. The highest BCUT2D eigenvalue weighted by atomic mass is 35.5. The summed E-state index contributed by atoms with van der Waals surface area (Å²) in [4.78, 5) is 43.1. The molecule has 1 fully saturated rings. The molecule has 0 saturated carbocycles. The van der Waals surface area contributed by atoms with Gasteiger partial charge in [-0.15, -0.1) is 11.3 Å². The molecule has 2 aromatic rings. The SMILES string of the molecule is Cc1csc(CC(=O)NNC(=O)CN2CCCC[C@@H]2C(=O)Nc2ccc(Cl)c(Cl)c2)n1. The lowest BCUT2D eigenvalue weighted by Gasteiger charge is -2.34. The van der Waals surface area contributed by atoms with Crippen LogP contribution in [0.25, 0.3) is 0 Å². The fourth-order valence-electron chi connectivity index (χ4n) is 3.31. The molecule has 1 aliphatic rings. The van der Waals surface area contributed by atoms with Gasteiger partial charge < -0.3 is 5.32 Å². The molecule has 3 amide bonds. The Morgan fingerprint density at radius 1 is 1.16 bits per heavy atom. The van der Waals surface area contributed by atoms with Crippen LogP contribution in [-0.2, 0) is 20.8 Å². The van der Waals surface area contributed by atoms with Gasteiger partial charge >= 0.3 is 0 Å². The normalized spacial score (nSPS) is 16.5. The summed E-state index contributed by atoms with van der Waals surface area (Å²) in [6.07, 6.45) is 2.51. The predicted molar refractivity (Wildman–Crippen MR) is 121 cm³/mol. The number of thiazole rings is 1. The molecule has 1 aliphatic heterocycles. The van der Waals surface area contributed by atoms with E-state index in [0.29, 0.717) is 33.7 Å². The summed E-state index contributed by atoms with van der Waals surface area (Å²) >= 11 is 13.3. The molecule has 0 aliphatic carbocycles. The first-order valence-electron chi connectivity index (χ1n) is 9.80. The second-order valence-electron chi connectivity index (χ2n) is 7.26. The van der Waals surface area contributed by atoms with Gasteiger partial charge in [0.15, 0.2) is 0 Å². The molecule has 8 nitrogen and oxygen atoms in total. The van der Waals surface area contributed by atoms with E-state index in [9.17, 15) is 14.4 Å². The van der Waals surface area contributed by atoms with Crippen LogP contribution in [0.15, 0.2) is 23.6 Å². The molecular formula is C20H23Cl2N5O3S. The molecule has 3 rings (SSSR count). The number of benzene rings is 1. The van der Waals surface area contributed by atoms with Gasteiger partial charge in [0, 0.05) is 16.8 Å². The number of carbonyl (C=O) groups is 3. The van der Waals surface area contributed by atoms with Crippen molar-refractivity contribution in [2.45, 2.75) is 38.6 Å². The van der Waals surface area contributed by atoms with Gasteiger partial charge in [-0.1, -0.05) is 29.6 Å². The van der Waals surface area contributed by atoms with Gasteiger partial charge in [-0.05, 0) is 44.5 Å². The number of hydrogen-bond acceptors (Lipinski definition) is 6. The fraction of sp³-hybridized carbons (Fsp3) is 0.400. The van der Waals surface area contributed by atoms with Crippen LogP contribution in [0.3, 0.4) is 0 Å². The summed E-state index contributed by atoms with van der Waals surface area (Å²) in [6, 6.07) is 4.41. The molecule has 1 saturated heterocycles. The lowest BCUT2D eigenvalue weighted by molar-refractivity contribution is -0.131. The van der Waals surface area contributed by atoms with Gasteiger partial charge in [-0.25, -0.2) is 4.98 Å². The number of aryl methyl sites for hydroxylation is 1. The number of hydrazine groups is 1. The van der Waals surface area contributed by atoms with Crippen molar-refractivity contribution in [3.63, 3.8) is 0 Å². The number of carbonyl (C=O) groups excluding carboxylic acids is 3. The molecular weight excluding hydrogens is 461 g/mol. The third kappa shape index (κ3) is 6.90. The van der Waals surface area contributed by atoms with Crippen molar-refractivity contribution in [2.75, 3.05) is 18.4 Å². The zero-order valence-corrected chi connectivity index (χ0v) is 19.2. The van der Waals surface area contributed by atoms with Crippen molar-refractivity contribution in [3.05, 3.63) is 44.3 Å². The van der Waals surface area contributed by atoms with Crippen LogP contribution in [-0.4, -0.2) is 46.7 Å². The lowest BCUT2D eigenvalue weighted by atomic mass is 10.0. The zero-order valence-electron chi connectivity index (χ0n) is 16.9. The Kier molecular flexibility index (Phi) is 8.25. The highest BCUT2D eigenvalue weighted by Crippen LogP contribution is 2.26. The van der Waals surface area contributed by atoms with E-state index in [-0.39, 0.29) is 24.8 Å². The van der Waals surface area contributed by atoms with Crippen molar-refractivity contribution < 1.29 is 14.4 Å². The van der Waals surface area contributed by atoms with Crippen LogP contribution in [0.2, 0.25) is 10.0 Å². The predicted octanol–water partition coefficient (Wildman–Crippen LogP) is 2.94. The van der Waals surface area contributed by atoms with Crippen LogP contribution in [0.1, 0.15) is 30.0 Å². The Bertz CT molecular complexity index is 968. The molecule has 1 atom stereocenters. The maximum absolute atomic E-state index is 12.8. The molecule has 166 valence electrons. The molecule has 3 N–H and O–H groups in total. The minimum absolute atomic E-state index is 0.00387. The number of anilines is 1. The van der Waals surface area contributed by atoms with E-state index in [1.807, 2.05) is 17.2 Å². The summed E-state index contributed by atoms with van der Waals surface area (Å²) in [5.74, 6) is -0.956. The van der Waals surface area contributed by atoms with Gasteiger partial charge in [-0.3, -0.25) is 30.1 Å². The largest absolute Gasteiger partial charge is 0.325 e. The fourth-order valence-corrected chi connectivity index (χ4v) is 4.37. The zero-order chi connectivity index (χ0) is 22.4. The molecule has 11 heteroatoms. The number of halogens is 2. The number of rotatable bonds is 6. The van der Waals surface area contributed by atoms with Gasteiger partial charge in [-0.2, -0.15) is 0 Å². The Morgan fingerprint density at radius 3 is 2.65 bits per heavy atom. The first-order valence-corrected chi connectivity index (χ1v) is 11.4. The number of hydrogen-bond donors (Lipinski definition) is 3. The highest BCUT2D eigenvalue weighted by molar-refractivity contribution is 7.09. The topological polar surface area (TPSA) is 103 Å². The summed E-state index contributed by atoms with van der Waals surface area (Å²) in [6.45, 7) is 2.46. The van der Waals surface area contributed by atoms with Crippen LogP contribution in [0.5, 0.6) is 0 Å². The van der Waals surface area contributed by atoms with Crippen molar-refractivity contribution in [1.82, 2.24) is 20.7 Å². The first kappa shape index (κ1) is 23.5. The standard InChI is InChI=1S/C20H23Cl2N5O3S/c1-12-11-31-19(23-12)9-17(28)25-26-18(29)10-27-7-3-2-4-16(27)20(30)24-13-5-6-14(21)15(22)8-13/h5-6,8,11,16H,2-4,7,9-10H2,1H3,(H,24,30)(H,25,28)(H,26,29)/t16-/m1/s1. The van der Waals surface area contributed by atoms with E-state index in [1.165, 1.54) is 11.3 Å². The number of aromatic nitrogens is 1. The van der Waals surface area contributed by atoms with E-state index in [4.69, 9.17) is 23.2 Å². The van der Waals surface area contributed by atoms with Crippen LogP contribution < -0.4 is 16.2 Å².